The van der Waals surface area contributed by atoms with E-state index in [-0.39, 0.29) is 85.2 Å². The molecule has 0 radical (unpaired) electrons. The molecule has 7 aromatic heterocycles. The lowest BCUT2D eigenvalue weighted by molar-refractivity contribution is -0.105. The molecule has 71 heavy (non-hydrogen) atoms. The molecule has 380 valence electrons. The van der Waals surface area contributed by atoms with Gasteiger partial charge in [0.05, 0.1) is 16.8 Å². The Morgan fingerprint density at radius 2 is 1.17 bits per heavy atom. The van der Waals surface area contributed by atoms with Crippen molar-refractivity contribution in [1.29, 1.82) is 0 Å². The zero-order valence-electron chi connectivity index (χ0n) is 35.9. The highest BCUT2D eigenvalue weighted by Crippen LogP contribution is 2.22. The fourth-order valence-corrected chi connectivity index (χ4v) is 4.17. The fraction of sp³-hybridized carbons (Fsp3) is 0.0333. The summed E-state index contributed by atoms with van der Waals surface area (Å²) in [7, 11) is 0. The van der Waals surface area contributed by atoms with Crippen LogP contribution in [0.15, 0.2) is 46.6 Å². The smallest absolute Gasteiger partial charge is 0.348 e. The van der Waals surface area contributed by atoms with Crippen LogP contribution in [0, 0.1) is 16.6 Å². The van der Waals surface area contributed by atoms with Crippen LogP contribution in [-0.4, -0.2) is 81.3 Å². The van der Waals surface area contributed by atoms with Crippen LogP contribution >= 0.6 is 36.4 Å². The maximum Gasteiger partial charge on any atom is 0.348 e. The number of nitroso groups, excluding NO2 is 1. The van der Waals surface area contributed by atoms with Crippen LogP contribution in [0.2, 0.25) is 5.28 Å². The number of aryl methyl sites for hydroxylation is 1. The van der Waals surface area contributed by atoms with Gasteiger partial charge in [0.25, 0.3) is 16.7 Å². The maximum atomic E-state index is 10.7. The average Bonchev–Trinajstić information content (AvgIpc) is 3.27. The fourth-order valence-electron chi connectivity index (χ4n) is 3.73. The lowest BCUT2D eigenvalue weighted by Crippen LogP contribution is -2.26. The summed E-state index contributed by atoms with van der Waals surface area (Å²) in [5.41, 5.74) is 69.9. The molecule has 0 aliphatic rings. The van der Waals surface area contributed by atoms with E-state index in [1.54, 1.807) is 6.92 Å². The highest BCUT2D eigenvalue weighted by molar-refractivity contribution is 7.80. The molecule has 0 saturated carbocycles. The highest BCUT2D eigenvalue weighted by atomic mass is 35.5. The Morgan fingerprint density at radius 1 is 0.648 bits per heavy atom. The molecular weight excluding hydrogens is 1010 g/mol. The largest absolute Gasteiger partial charge is 0.492 e. The minimum Gasteiger partial charge on any atom is -0.492 e. The van der Waals surface area contributed by atoms with E-state index >= 15 is 0 Å². The Hall–Kier alpha value is -10.5. The lowest BCUT2D eigenvalue weighted by Gasteiger charge is -2.03. The van der Waals surface area contributed by atoms with Crippen molar-refractivity contribution >= 4 is 135 Å². The molecule has 0 saturated heterocycles. The van der Waals surface area contributed by atoms with Gasteiger partial charge in [0.15, 0.2) is 39.4 Å². The van der Waals surface area contributed by atoms with Gasteiger partial charge < -0.3 is 95.7 Å². The zero-order valence-corrected chi connectivity index (χ0v) is 38.3. The second kappa shape index (κ2) is 27.2. The number of nitrogens with zero attached hydrogens (tertiary/aromatic N) is 9. The molecule has 1 amide bonds. The molecule has 0 aliphatic heterocycles. The Morgan fingerprint density at radius 3 is 1.62 bits per heavy atom. The van der Waals surface area contributed by atoms with Gasteiger partial charge in [-0.3, -0.25) is 44.1 Å². The molecule has 38 nitrogen and oxygen atoms in total. The molecule has 41 heteroatoms. The number of thiol groups is 1. The SMILES string of the molecule is Cc1nc(N)c(S)c(N)n1.Nc1[nH]c(=O)[nH]c(=O)c1N.Nc1[nH]c(=S)[nH]c(=O)c1N.Nc1cnc(Cl)nc1N.Nc1nc(=O)[nH]c(N)c1N=O.Nc1nc(O)c(N)c(=O)[nH]1.Nc1ncnc(N)c1NC=O. The first-order valence-electron chi connectivity index (χ1n) is 17.8. The topological polar surface area (TPSA) is 726 Å². The van der Waals surface area contributed by atoms with Gasteiger partial charge >= 0.3 is 11.4 Å². The monoisotopic (exact) mass is 1050 g/mol. The van der Waals surface area contributed by atoms with E-state index in [4.69, 9.17) is 97.0 Å². The zero-order chi connectivity index (χ0) is 54.4. The number of amides is 1. The number of anilines is 15. The summed E-state index contributed by atoms with van der Waals surface area (Å²) in [4.78, 5) is 115. The van der Waals surface area contributed by atoms with Gasteiger partial charge in [-0.1, -0.05) is 0 Å². The van der Waals surface area contributed by atoms with E-state index in [2.05, 4.69) is 100 Å². The van der Waals surface area contributed by atoms with E-state index in [1.165, 1.54) is 12.5 Å². The third-order valence-corrected chi connectivity index (χ3v) is 7.85. The molecule has 0 bridgehead atoms. The van der Waals surface area contributed by atoms with Crippen LogP contribution in [0.3, 0.4) is 0 Å². The van der Waals surface area contributed by atoms with Gasteiger partial charge in [0.1, 0.15) is 58.3 Å². The molecule has 36 N–H and O–H groups in total. The van der Waals surface area contributed by atoms with Gasteiger partial charge in [-0.25, -0.2) is 34.5 Å². The molecule has 0 atom stereocenters. The Labute approximate surface area is 407 Å². The number of halogens is 1. The van der Waals surface area contributed by atoms with Crippen LogP contribution in [0.25, 0.3) is 0 Å². The van der Waals surface area contributed by atoms with Crippen molar-refractivity contribution < 1.29 is 9.90 Å². The van der Waals surface area contributed by atoms with Crippen LogP contribution in [0.1, 0.15) is 5.82 Å². The van der Waals surface area contributed by atoms with E-state index in [1.807, 2.05) is 4.98 Å². The molecular formula is C30H43ClN30O8S2. The number of hydrogen-bond acceptors (Lipinski definition) is 33. The second-order valence-electron chi connectivity index (χ2n) is 12.1. The summed E-state index contributed by atoms with van der Waals surface area (Å²) < 4.78 is 0.178. The van der Waals surface area contributed by atoms with E-state index in [0.717, 1.165) is 0 Å². The van der Waals surface area contributed by atoms with Crippen molar-refractivity contribution in [1.82, 2.24) is 69.8 Å². The van der Waals surface area contributed by atoms with Crippen LogP contribution in [0.5, 0.6) is 5.88 Å². The van der Waals surface area contributed by atoms with Crippen LogP contribution < -0.4 is 114 Å². The van der Waals surface area contributed by atoms with Gasteiger partial charge in [0, 0.05) is 0 Å². The first kappa shape index (κ1) is 58.5. The van der Waals surface area contributed by atoms with Gasteiger partial charge in [0.2, 0.25) is 23.5 Å². The summed E-state index contributed by atoms with van der Waals surface area (Å²) in [6.07, 6.45) is 3.05. The first-order valence-corrected chi connectivity index (χ1v) is 19.0. The minimum atomic E-state index is -0.701. The molecule has 7 heterocycles. The molecule has 0 fully saturated rings. The number of aromatic nitrogens is 14. The summed E-state index contributed by atoms with van der Waals surface area (Å²) in [5, 5.41) is 13.6. The van der Waals surface area contributed by atoms with Gasteiger partial charge in [-0.2, -0.15) is 15.0 Å². The Kier molecular flexibility index (Phi) is 22.4. The Bertz CT molecular complexity index is 3200. The highest BCUT2D eigenvalue weighted by Gasteiger charge is 2.07. The number of nitrogens with two attached hydrogens (primary N) is 14. The molecule has 7 aromatic rings. The van der Waals surface area contributed by atoms with Crippen molar-refractivity contribution in [2.24, 2.45) is 5.18 Å². The minimum absolute atomic E-state index is 0.0337. The van der Waals surface area contributed by atoms with Crippen molar-refractivity contribution in [3.63, 3.8) is 0 Å². The number of aromatic amines is 6. The normalized spacial score (nSPS) is 9.51. The predicted molar refractivity (Wildman–Crippen MR) is 271 cm³/mol. The number of rotatable bonds is 3. The van der Waals surface area contributed by atoms with E-state index in [9.17, 15) is 33.7 Å². The quantitative estimate of drug-likeness (QED) is 0.0261. The first-order chi connectivity index (χ1) is 33.0. The van der Waals surface area contributed by atoms with E-state index in [0.29, 0.717) is 34.5 Å². The van der Waals surface area contributed by atoms with Gasteiger partial charge in [-0.15, -0.1) is 17.5 Å². The molecule has 0 aromatic carbocycles. The van der Waals surface area contributed by atoms with Crippen LogP contribution in [0.4, 0.5) is 92.4 Å². The number of H-pyrrole nitrogens is 6. The molecule has 0 unspecified atom stereocenters. The molecule has 7 rings (SSSR count). The average molecular weight is 1050 g/mol. The molecule has 0 aliphatic carbocycles. The third-order valence-electron chi connectivity index (χ3n) is 7.00. The van der Waals surface area contributed by atoms with Crippen molar-refractivity contribution in [2.45, 2.75) is 11.8 Å². The number of hydrogen-bond donors (Lipinski definition) is 23. The number of aromatic hydroxyl groups is 1. The van der Waals surface area contributed by atoms with Crippen molar-refractivity contribution in [3.8, 4) is 5.88 Å². The number of nitrogen functional groups attached to an aromatic ring is 14. The standard InChI is InChI=1S/C5H7N5O.C5H8N4S.C4H5ClN4.C4H5N5O2.2C4H6N4O2.C4H6N4OS/c6-4-3(10-2-11)5(7)9-1-8-4;1-2-8-4(6)3(10)5(7)9-2;5-4-8-1-2(6)3(7)9-4;5-2-1(9-11)3(6)8-4(10)7-2;5-1-2(9)7-4(6)8-3(1)10;2*5-1-2(6)7-4(10)8-3(1)9/h1-2H,(H,10,11)(H4,6,7,8,9);10H,1H3,(H4,6,7,8,9);1H,6H2,(H2,7,8,9);(H5,5,6,7,8,10);3*5H2,(H4,6,7,8,9,10). The number of carbonyl (C=O) groups excluding carboxylic acids is 1. The van der Waals surface area contributed by atoms with Crippen LogP contribution in [-0.2, 0) is 4.79 Å². The van der Waals surface area contributed by atoms with Gasteiger partial charge in [-0.05, 0) is 35.9 Å². The van der Waals surface area contributed by atoms with Crippen molar-refractivity contribution in [2.75, 3.05) is 85.6 Å². The summed E-state index contributed by atoms with van der Waals surface area (Å²) in [6.45, 7) is 1.72. The summed E-state index contributed by atoms with van der Waals surface area (Å²) in [5.74, 6) is 0.623. The summed E-state index contributed by atoms with van der Waals surface area (Å²) >= 11 is 13.9. The number of carbonyl (C=O) groups is 1. The second-order valence-corrected chi connectivity index (χ2v) is 13.3. The number of nitrogens with one attached hydrogen (secondary N) is 7. The third kappa shape index (κ3) is 19.1. The predicted octanol–water partition coefficient (Wildman–Crippen LogP) is -4.46. The Balaban J connectivity index is 0.000000414. The lowest BCUT2D eigenvalue weighted by atomic mass is 10.4. The van der Waals surface area contributed by atoms with Crippen molar-refractivity contribution in [3.05, 3.63) is 85.3 Å². The maximum absolute atomic E-state index is 10.7. The molecule has 0 spiro atoms. The van der Waals surface area contributed by atoms with E-state index < -0.39 is 33.9 Å². The summed E-state index contributed by atoms with van der Waals surface area (Å²) in [6, 6.07) is 0.